The number of halogens is 2. The maximum absolute atomic E-state index is 13.4. The van der Waals surface area contributed by atoms with Gasteiger partial charge in [0, 0.05) is 12.1 Å². The highest BCUT2D eigenvalue weighted by Gasteiger charge is 2.08. The van der Waals surface area contributed by atoms with Gasteiger partial charge in [-0.15, -0.1) is 0 Å². The quantitative estimate of drug-likeness (QED) is 0.842. The van der Waals surface area contributed by atoms with E-state index in [0.29, 0.717) is 5.69 Å². The molecule has 3 nitrogen and oxygen atoms in total. The molecule has 0 aliphatic carbocycles. The van der Waals surface area contributed by atoms with Crippen molar-refractivity contribution < 1.29 is 8.78 Å². The topological polar surface area (TPSA) is 51.8 Å². The summed E-state index contributed by atoms with van der Waals surface area (Å²) in [5.74, 6) is -1.04. The van der Waals surface area contributed by atoms with E-state index in [9.17, 15) is 8.78 Å². The van der Waals surface area contributed by atoms with Gasteiger partial charge in [0.1, 0.15) is 11.6 Å². The second-order valence-corrected chi connectivity index (χ2v) is 3.24. The third-order valence-electron chi connectivity index (χ3n) is 2.13. The number of nitrogens with two attached hydrogens (primary N) is 1. The van der Waals surface area contributed by atoms with Gasteiger partial charge in [0.25, 0.3) is 0 Å². The Balaban J connectivity index is 2.45. The van der Waals surface area contributed by atoms with E-state index in [-0.39, 0.29) is 17.8 Å². The fourth-order valence-electron chi connectivity index (χ4n) is 1.31. The fraction of sp³-hybridized carbons (Fsp3) is 0.0909. The lowest BCUT2D eigenvalue weighted by molar-refractivity contribution is 0.602. The molecule has 0 fully saturated rings. The molecule has 2 rings (SSSR count). The normalized spacial score (nSPS) is 10.4. The Kier molecular flexibility index (Phi) is 2.87. The summed E-state index contributed by atoms with van der Waals surface area (Å²) in [5, 5.41) is 7.57. The molecule has 0 saturated heterocycles. The molecule has 0 atom stereocenters. The van der Waals surface area contributed by atoms with Crippen LogP contribution in [0.15, 0.2) is 30.3 Å². The van der Waals surface area contributed by atoms with E-state index in [2.05, 4.69) is 10.2 Å². The van der Waals surface area contributed by atoms with Gasteiger partial charge in [-0.1, -0.05) is 0 Å². The van der Waals surface area contributed by atoms with Gasteiger partial charge in [-0.05, 0) is 30.3 Å². The van der Waals surface area contributed by atoms with E-state index in [4.69, 9.17) is 5.73 Å². The first-order valence-corrected chi connectivity index (χ1v) is 4.69. The van der Waals surface area contributed by atoms with Crippen LogP contribution in [0.2, 0.25) is 0 Å². The predicted octanol–water partition coefficient (Wildman–Crippen LogP) is 1.88. The van der Waals surface area contributed by atoms with E-state index in [1.54, 1.807) is 12.1 Å². The second kappa shape index (κ2) is 4.32. The standard InChI is InChI=1S/C11H9F2N3/c12-7-1-3-10(13)9(5-7)11-4-2-8(6-14)15-16-11/h1-5H,6,14H2. The lowest BCUT2D eigenvalue weighted by Gasteiger charge is -2.02. The van der Waals surface area contributed by atoms with Crippen molar-refractivity contribution in [1.29, 1.82) is 0 Å². The Morgan fingerprint density at radius 2 is 1.88 bits per heavy atom. The molecular weight excluding hydrogens is 212 g/mol. The summed E-state index contributed by atoms with van der Waals surface area (Å²) in [6, 6.07) is 6.39. The van der Waals surface area contributed by atoms with Gasteiger partial charge in [-0.25, -0.2) is 8.78 Å². The number of hydrogen-bond donors (Lipinski definition) is 1. The van der Waals surface area contributed by atoms with Crippen LogP contribution < -0.4 is 5.73 Å². The Morgan fingerprint density at radius 1 is 1.06 bits per heavy atom. The van der Waals surface area contributed by atoms with Crippen LogP contribution >= 0.6 is 0 Å². The number of rotatable bonds is 2. The zero-order valence-corrected chi connectivity index (χ0v) is 8.32. The number of nitrogens with zero attached hydrogens (tertiary/aromatic N) is 2. The highest BCUT2D eigenvalue weighted by Crippen LogP contribution is 2.21. The van der Waals surface area contributed by atoms with Crippen molar-refractivity contribution in [1.82, 2.24) is 10.2 Å². The van der Waals surface area contributed by atoms with E-state index in [0.717, 1.165) is 18.2 Å². The van der Waals surface area contributed by atoms with Crippen LogP contribution in [0, 0.1) is 11.6 Å². The molecule has 1 aromatic heterocycles. The van der Waals surface area contributed by atoms with Crippen LogP contribution in [0.5, 0.6) is 0 Å². The minimum Gasteiger partial charge on any atom is -0.325 e. The minimum atomic E-state index is -0.531. The van der Waals surface area contributed by atoms with Crippen LogP contribution in [0.25, 0.3) is 11.3 Å². The first-order chi connectivity index (χ1) is 7.70. The number of aromatic nitrogens is 2. The maximum Gasteiger partial charge on any atom is 0.132 e. The molecule has 82 valence electrons. The van der Waals surface area contributed by atoms with Crippen molar-refractivity contribution in [3.63, 3.8) is 0 Å². The molecule has 0 saturated carbocycles. The zero-order chi connectivity index (χ0) is 11.5. The molecule has 1 aromatic carbocycles. The monoisotopic (exact) mass is 221 g/mol. The molecule has 0 bridgehead atoms. The average molecular weight is 221 g/mol. The summed E-state index contributed by atoms with van der Waals surface area (Å²) >= 11 is 0. The molecule has 0 aliphatic heterocycles. The molecule has 0 amide bonds. The summed E-state index contributed by atoms with van der Waals surface area (Å²) in [5.41, 5.74) is 6.33. The first kappa shape index (κ1) is 10.6. The van der Waals surface area contributed by atoms with E-state index in [1.165, 1.54) is 0 Å². The van der Waals surface area contributed by atoms with Crippen molar-refractivity contribution in [3.05, 3.63) is 47.7 Å². The lowest BCUT2D eigenvalue weighted by atomic mass is 10.1. The maximum atomic E-state index is 13.4. The minimum absolute atomic E-state index is 0.0936. The summed E-state index contributed by atoms with van der Waals surface area (Å²) < 4.78 is 26.3. The number of benzene rings is 1. The van der Waals surface area contributed by atoms with Gasteiger partial charge in [-0.3, -0.25) is 0 Å². The molecule has 2 aromatic rings. The largest absolute Gasteiger partial charge is 0.325 e. The Morgan fingerprint density at radius 3 is 2.50 bits per heavy atom. The SMILES string of the molecule is NCc1ccc(-c2cc(F)ccc2F)nn1. The molecule has 2 N–H and O–H groups in total. The summed E-state index contributed by atoms with van der Waals surface area (Å²) in [4.78, 5) is 0. The van der Waals surface area contributed by atoms with Crippen LogP contribution in [-0.2, 0) is 6.54 Å². The zero-order valence-electron chi connectivity index (χ0n) is 8.32. The summed E-state index contributed by atoms with van der Waals surface area (Å²) in [6.07, 6.45) is 0. The van der Waals surface area contributed by atoms with Gasteiger partial charge in [0.15, 0.2) is 0 Å². The average Bonchev–Trinajstić information content (AvgIpc) is 2.32. The van der Waals surface area contributed by atoms with Crippen molar-refractivity contribution in [2.24, 2.45) is 5.73 Å². The van der Waals surface area contributed by atoms with E-state index in [1.807, 2.05) is 0 Å². The first-order valence-electron chi connectivity index (χ1n) is 4.69. The summed E-state index contributed by atoms with van der Waals surface area (Å²) in [7, 11) is 0. The van der Waals surface area contributed by atoms with Crippen LogP contribution in [0.4, 0.5) is 8.78 Å². The van der Waals surface area contributed by atoms with Crippen molar-refractivity contribution in [2.45, 2.75) is 6.54 Å². The smallest absolute Gasteiger partial charge is 0.132 e. The third-order valence-corrected chi connectivity index (χ3v) is 2.13. The van der Waals surface area contributed by atoms with Gasteiger partial charge < -0.3 is 5.73 Å². The summed E-state index contributed by atoms with van der Waals surface area (Å²) in [6.45, 7) is 0.263. The third kappa shape index (κ3) is 2.04. The van der Waals surface area contributed by atoms with E-state index < -0.39 is 11.6 Å². The van der Waals surface area contributed by atoms with Crippen molar-refractivity contribution >= 4 is 0 Å². The fourth-order valence-corrected chi connectivity index (χ4v) is 1.31. The van der Waals surface area contributed by atoms with Gasteiger partial charge in [-0.2, -0.15) is 10.2 Å². The Bertz CT molecular complexity index is 497. The molecule has 1 heterocycles. The van der Waals surface area contributed by atoms with Gasteiger partial charge in [0.05, 0.1) is 11.4 Å². The molecule has 0 spiro atoms. The predicted molar refractivity (Wildman–Crippen MR) is 55.3 cm³/mol. The molecule has 0 radical (unpaired) electrons. The number of hydrogen-bond acceptors (Lipinski definition) is 3. The molecule has 16 heavy (non-hydrogen) atoms. The Hall–Kier alpha value is -1.88. The highest BCUT2D eigenvalue weighted by atomic mass is 19.1. The van der Waals surface area contributed by atoms with Crippen molar-refractivity contribution in [3.8, 4) is 11.3 Å². The van der Waals surface area contributed by atoms with Gasteiger partial charge in [0.2, 0.25) is 0 Å². The Labute approximate surface area is 90.9 Å². The van der Waals surface area contributed by atoms with Crippen LogP contribution in [0.3, 0.4) is 0 Å². The molecule has 0 unspecified atom stereocenters. The van der Waals surface area contributed by atoms with Crippen LogP contribution in [0.1, 0.15) is 5.69 Å². The highest BCUT2D eigenvalue weighted by molar-refractivity contribution is 5.59. The molecule has 0 aliphatic rings. The van der Waals surface area contributed by atoms with Crippen LogP contribution in [-0.4, -0.2) is 10.2 Å². The van der Waals surface area contributed by atoms with Crippen molar-refractivity contribution in [2.75, 3.05) is 0 Å². The molecular formula is C11H9F2N3. The second-order valence-electron chi connectivity index (χ2n) is 3.24. The van der Waals surface area contributed by atoms with Gasteiger partial charge >= 0.3 is 0 Å². The van der Waals surface area contributed by atoms with E-state index >= 15 is 0 Å². The molecule has 5 heteroatoms. The lowest BCUT2D eigenvalue weighted by Crippen LogP contribution is -2.01.